The molecule has 0 saturated carbocycles. The van der Waals surface area contributed by atoms with Gasteiger partial charge in [0.05, 0.1) is 55.4 Å². The second-order valence-corrected chi connectivity index (χ2v) is 13.7. The molecule has 8 rings (SSSR count). The van der Waals surface area contributed by atoms with E-state index in [1.165, 1.54) is 0 Å². The third-order valence-electron chi connectivity index (χ3n) is 9.53. The van der Waals surface area contributed by atoms with Gasteiger partial charge in [0.1, 0.15) is 34.9 Å². The second kappa shape index (κ2) is 24.3. The molecule has 0 fully saturated rings. The molecule has 0 aliphatic carbocycles. The van der Waals surface area contributed by atoms with Crippen LogP contribution in [0, 0.1) is 30.6 Å². The van der Waals surface area contributed by atoms with Gasteiger partial charge in [-0.2, -0.15) is 24.4 Å². The Balaban J connectivity index is 0.000000250. The van der Waals surface area contributed by atoms with E-state index in [1.807, 2.05) is 125 Å². The van der Waals surface area contributed by atoms with E-state index in [9.17, 15) is 20.0 Å². The number of hydrogen-bond donors (Lipinski definition) is 4. The van der Waals surface area contributed by atoms with Crippen LogP contribution in [0.3, 0.4) is 0 Å². The van der Waals surface area contributed by atoms with Crippen LogP contribution in [0.4, 0.5) is 23.0 Å². The Labute approximate surface area is 378 Å². The van der Waals surface area contributed by atoms with Crippen molar-refractivity contribution in [2.75, 3.05) is 29.6 Å². The van der Waals surface area contributed by atoms with Gasteiger partial charge in [-0.05, 0) is 100 Å². The lowest BCUT2D eigenvalue weighted by molar-refractivity contribution is -0.193. The number of fused-ring (bicyclic) bond motifs is 2. The second-order valence-electron chi connectivity index (χ2n) is 13.7. The van der Waals surface area contributed by atoms with Crippen molar-refractivity contribution < 1.29 is 48.6 Å². The average molecular weight is 894 g/mol. The van der Waals surface area contributed by atoms with Crippen LogP contribution in [0.15, 0.2) is 97.1 Å². The molecule has 4 aromatic carbocycles. The van der Waals surface area contributed by atoms with E-state index in [4.69, 9.17) is 39.3 Å². The fourth-order valence-electron chi connectivity index (χ4n) is 6.67. The van der Waals surface area contributed by atoms with E-state index < -0.39 is 6.61 Å². The topological polar surface area (TPSA) is 293 Å². The largest absolute Gasteiger partial charge is 0.494 e. The first kappa shape index (κ1) is 50.0. The number of hydrogen-bond acceptors (Lipinski definition) is 17. The van der Waals surface area contributed by atoms with Gasteiger partial charge in [-0.3, -0.25) is 19.4 Å². The predicted octanol–water partition coefficient (Wildman–Crippen LogP) is 5.54. The molecule has 2 aromatic heterocycles. The van der Waals surface area contributed by atoms with Crippen LogP contribution in [-0.4, -0.2) is 79.9 Å². The first-order chi connectivity index (χ1) is 31.9. The number of rotatable bonds is 10. The molecule has 0 radical (unpaired) electrons. The number of aryl methyl sites for hydroxylation is 2. The van der Waals surface area contributed by atoms with Crippen molar-refractivity contribution in [1.29, 1.82) is 10.7 Å². The number of carbonyl (C=O) groups is 2. The standard InChI is InChI=1S/C23H22N4O3.C22H18N4O2.2CO2.H3NO/c1-3-30-17-10-6-15(7-11-17)22-25-21(19(24)13-28)18-12-20(29)27(23(18)26-22)16-8-4-14(2)5-9-16;1-3-28-17-10-6-15(7-11-17)21-24-19(13-23)18-12-20(27)26(22(18)25-21)16-8-4-14(2)5-9-16;2*2-1-3;1-2/h4-11,24,28H,3,12-13H2,1-2H3;4-11H,3,12H2,1-2H3;;;2H,1H2. The van der Waals surface area contributed by atoms with Crippen LogP contribution in [0.25, 0.3) is 22.8 Å². The molecular formula is C47H43N9O10. The molecular weight excluding hydrogens is 851 g/mol. The molecule has 0 bridgehead atoms. The number of nitriles is 1. The number of amides is 2. The minimum absolute atomic E-state index is 0.0422. The van der Waals surface area contributed by atoms with Crippen molar-refractivity contribution in [2.45, 2.75) is 40.5 Å². The third-order valence-corrected chi connectivity index (χ3v) is 9.53. The van der Waals surface area contributed by atoms with Gasteiger partial charge >= 0.3 is 12.3 Å². The number of anilines is 4. The summed E-state index contributed by atoms with van der Waals surface area (Å²) in [4.78, 5) is 79.4. The van der Waals surface area contributed by atoms with E-state index in [0.29, 0.717) is 59.0 Å². The number of aliphatic hydroxyl groups excluding tert-OH is 1. The summed E-state index contributed by atoms with van der Waals surface area (Å²) in [6.45, 7) is 8.50. The number of nitrogens with one attached hydrogen (secondary N) is 1. The summed E-state index contributed by atoms with van der Waals surface area (Å²) >= 11 is 0. The van der Waals surface area contributed by atoms with Crippen LogP contribution in [0.1, 0.15) is 47.5 Å². The molecule has 0 saturated heterocycles. The van der Waals surface area contributed by atoms with Crippen LogP contribution in [-0.2, 0) is 41.6 Å². The number of aliphatic hydroxyl groups is 1. The fraction of sp³-hybridized carbons (Fsp3) is 0.191. The van der Waals surface area contributed by atoms with E-state index in [-0.39, 0.29) is 48.4 Å². The van der Waals surface area contributed by atoms with Gasteiger partial charge in [0.15, 0.2) is 11.6 Å². The summed E-state index contributed by atoms with van der Waals surface area (Å²) < 4.78 is 11.0. The smallest absolute Gasteiger partial charge is 0.373 e. The van der Waals surface area contributed by atoms with Crippen LogP contribution < -0.4 is 25.2 Å². The normalized spacial score (nSPS) is 11.5. The fourth-order valence-corrected chi connectivity index (χ4v) is 6.67. The van der Waals surface area contributed by atoms with E-state index in [2.05, 4.69) is 31.9 Å². The zero-order valence-electron chi connectivity index (χ0n) is 36.1. The number of aromatic nitrogens is 4. The number of ether oxygens (including phenoxy) is 2. The minimum Gasteiger partial charge on any atom is -0.494 e. The lowest BCUT2D eigenvalue weighted by Crippen LogP contribution is -2.21. The number of benzene rings is 4. The van der Waals surface area contributed by atoms with Gasteiger partial charge in [0.25, 0.3) is 0 Å². The predicted molar refractivity (Wildman–Crippen MR) is 236 cm³/mol. The van der Waals surface area contributed by atoms with Crippen LogP contribution in [0.2, 0.25) is 0 Å². The molecule has 2 aliphatic heterocycles. The molecule has 66 heavy (non-hydrogen) atoms. The summed E-state index contributed by atoms with van der Waals surface area (Å²) in [5, 5.41) is 33.8. The van der Waals surface area contributed by atoms with Crippen LogP contribution in [0.5, 0.6) is 11.5 Å². The number of nitrogens with two attached hydrogens (primary N) is 1. The van der Waals surface area contributed by atoms with E-state index in [0.717, 1.165) is 39.4 Å². The molecule has 19 heteroatoms. The summed E-state index contributed by atoms with van der Waals surface area (Å²) in [5.74, 6) is 6.46. The molecule has 336 valence electrons. The Morgan fingerprint density at radius 1 is 0.652 bits per heavy atom. The number of carbonyl (C=O) groups excluding carboxylic acids is 6. The first-order valence-corrected chi connectivity index (χ1v) is 19.9. The molecule has 5 N–H and O–H groups in total. The summed E-state index contributed by atoms with van der Waals surface area (Å²) in [5.41, 5.74) is 6.75. The Morgan fingerprint density at radius 2 is 1.03 bits per heavy atom. The third kappa shape index (κ3) is 11.9. The van der Waals surface area contributed by atoms with Gasteiger partial charge < -0.3 is 25.2 Å². The highest BCUT2D eigenvalue weighted by molar-refractivity contribution is 6.11. The lowest BCUT2D eigenvalue weighted by Gasteiger charge is -2.18. The maximum absolute atomic E-state index is 12.9. The Morgan fingerprint density at radius 3 is 1.41 bits per heavy atom. The lowest BCUT2D eigenvalue weighted by atomic mass is 10.1. The Kier molecular flexibility index (Phi) is 18.4. The van der Waals surface area contributed by atoms with Crippen molar-refractivity contribution in [2.24, 2.45) is 5.90 Å². The maximum atomic E-state index is 12.9. The first-order valence-electron chi connectivity index (χ1n) is 19.9. The van der Waals surface area contributed by atoms with Crippen molar-refractivity contribution in [3.63, 3.8) is 0 Å². The van der Waals surface area contributed by atoms with Gasteiger partial charge in [0.2, 0.25) is 11.8 Å². The SMILES string of the molecule is CCOc1ccc(-c2nc(C#N)c3c(n2)N(c2ccc(C)cc2)C(=O)C3)cc1.CCOc1ccc(-c2nc(C(=N)CO)c3c(n2)N(c2ccc(C)cc2)C(=O)C3)cc1.NO.O=C=O.O=C=O. The Hall–Kier alpha value is -8.62. The molecule has 0 unspecified atom stereocenters. The monoisotopic (exact) mass is 893 g/mol. The quantitative estimate of drug-likeness (QED) is 0.0969. The summed E-state index contributed by atoms with van der Waals surface area (Å²) in [6.07, 6.45) is 0.708. The van der Waals surface area contributed by atoms with Gasteiger partial charge in [-0.1, -0.05) is 35.4 Å². The van der Waals surface area contributed by atoms with Crippen molar-refractivity contribution >= 4 is 52.8 Å². The summed E-state index contributed by atoms with van der Waals surface area (Å²) in [7, 11) is 0. The average Bonchev–Trinajstić information content (AvgIpc) is 3.85. The molecule has 6 aromatic rings. The minimum atomic E-state index is -0.467. The maximum Gasteiger partial charge on any atom is 0.373 e. The van der Waals surface area contributed by atoms with E-state index in [1.54, 1.807) is 9.80 Å². The number of nitrogens with zero attached hydrogens (tertiary/aromatic N) is 7. The highest BCUT2D eigenvalue weighted by Crippen LogP contribution is 2.38. The highest BCUT2D eigenvalue weighted by atomic mass is 16.5. The zero-order valence-corrected chi connectivity index (χ0v) is 36.1. The molecule has 0 spiro atoms. The molecule has 4 heterocycles. The Bertz CT molecular complexity index is 2750. The van der Waals surface area contributed by atoms with Gasteiger partial charge in [-0.15, -0.1) is 0 Å². The van der Waals surface area contributed by atoms with Crippen molar-refractivity contribution in [3.8, 4) is 40.3 Å². The highest BCUT2D eigenvalue weighted by Gasteiger charge is 2.35. The van der Waals surface area contributed by atoms with Crippen molar-refractivity contribution in [3.05, 3.63) is 131 Å². The van der Waals surface area contributed by atoms with Gasteiger partial charge in [-0.25, -0.2) is 25.8 Å². The van der Waals surface area contributed by atoms with Gasteiger partial charge in [0, 0.05) is 22.3 Å². The van der Waals surface area contributed by atoms with E-state index >= 15 is 0 Å². The molecule has 0 atom stereocenters. The molecule has 19 nitrogen and oxygen atoms in total. The molecule has 2 amide bonds. The molecule has 2 aliphatic rings. The summed E-state index contributed by atoms with van der Waals surface area (Å²) in [6, 6.07) is 32.1. The van der Waals surface area contributed by atoms with Crippen LogP contribution >= 0.6 is 0 Å². The zero-order chi connectivity index (χ0) is 48.3. The van der Waals surface area contributed by atoms with Crippen molar-refractivity contribution in [1.82, 2.24) is 19.9 Å².